The van der Waals surface area contributed by atoms with Gasteiger partial charge in [-0.05, 0) is 125 Å². The average molecular weight is 733 g/mol. The maximum atomic E-state index is 13.3. The van der Waals surface area contributed by atoms with Crippen LogP contribution in [-0.2, 0) is 15.0 Å². The van der Waals surface area contributed by atoms with E-state index in [1.54, 1.807) is 18.2 Å². The Morgan fingerprint density at radius 3 is 2.36 bits per heavy atom. The van der Waals surface area contributed by atoms with Crippen molar-refractivity contribution in [1.29, 1.82) is 0 Å². The number of rotatable bonds is 5. The van der Waals surface area contributed by atoms with Crippen LogP contribution in [-0.4, -0.2) is 74.2 Å². The molecule has 0 spiro atoms. The number of nitrogens with one attached hydrogen (secondary N) is 2. The van der Waals surface area contributed by atoms with Crippen molar-refractivity contribution in [3.63, 3.8) is 0 Å². The average Bonchev–Trinajstić information content (AvgIpc) is 3.53. The summed E-state index contributed by atoms with van der Waals surface area (Å²) in [5.41, 5.74) is 5.06. The third-order valence-electron chi connectivity index (χ3n) is 12.4. The normalized spacial score (nSPS) is 24.3. The van der Waals surface area contributed by atoms with Crippen LogP contribution >= 0.6 is 11.6 Å². The van der Waals surface area contributed by atoms with Crippen LogP contribution in [0.15, 0.2) is 59.4 Å². The van der Waals surface area contributed by atoms with E-state index in [1.807, 2.05) is 18.2 Å². The number of anilines is 1. The summed E-state index contributed by atoms with van der Waals surface area (Å²) in [6, 6.07) is 17.4. The van der Waals surface area contributed by atoms with Crippen molar-refractivity contribution in [3.05, 3.63) is 98.1 Å². The van der Waals surface area contributed by atoms with E-state index in [0.29, 0.717) is 33.5 Å². The maximum Gasteiger partial charge on any atom is 0.282 e. The Balaban J connectivity index is 0.819. The van der Waals surface area contributed by atoms with Crippen molar-refractivity contribution in [1.82, 2.24) is 24.7 Å². The summed E-state index contributed by atoms with van der Waals surface area (Å²) in [5, 5.41) is 6.73. The lowest BCUT2D eigenvalue weighted by atomic mass is 9.81. The molecule has 1 aromatic heterocycles. The van der Waals surface area contributed by atoms with Gasteiger partial charge >= 0.3 is 0 Å². The topological polar surface area (TPSA) is 134 Å². The molecule has 2 N–H and O–H groups in total. The summed E-state index contributed by atoms with van der Waals surface area (Å²) in [6.07, 6.45) is 6.61. The van der Waals surface area contributed by atoms with Crippen molar-refractivity contribution in [2.75, 3.05) is 18.4 Å². The van der Waals surface area contributed by atoms with E-state index in [4.69, 9.17) is 11.6 Å². The van der Waals surface area contributed by atoms with Gasteiger partial charge in [0.05, 0.1) is 38.2 Å². The highest BCUT2D eigenvalue weighted by molar-refractivity contribution is 6.35. The summed E-state index contributed by atoms with van der Waals surface area (Å²) in [4.78, 5) is 71.7. The first-order valence-corrected chi connectivity index (χ1v) is 19.1. The van der Waals surface area contributed by atoms with Crippen molar-refractivity contribution in [3.8, 4) is 5.69 Å². The predicted octanol–water partition coefficient (Wildman–Crippen LogP) is 5.68. The van der Waals surface area contributed by atoms with Gasteiger partial charge in [-0.3, -0.25) is 38.8 Å². The van der Waals surface area contributed by atoms with Gasteiger partial charge in [0.25, 0.3) is 17.4 Å². The van der Waals surface area contributed by atoms with Crippen LogP contribution in [0.25, 0.3) is 16.6 Å². The van der Waals surface area contributed by atoms with Gasteiger partial charge in [0.2, 0.25) is 11.8 Å². The highest BCUT2D eigenvalue weighted by Crippen LogP contribution is 2.45. The predicted molar refractivity (Wildman–Crippen MR) is 201 cm³/mol. The molecular formula is C41H41ClN6O5. The van der Waals surface area contributed by atoms with E-state index in [9.17, 15) is 24.0 Å². The number of fused-ring (bicyclic) bond motifs is 6. The molecule has 53 heavy (non-hydrogen) atoms. The van der Waals surface area contributed by atoms with E-state index in [0.717, 1.165) is 79.2 Å². The number of hydrogen-bond donors (Lipinski definition) is 2. The zero-order chi connectivity index (χ0) is 36.8. The number of carbonyl (C=O) groups is 4. The number of amides is 4. The number of halogens is 1. The highest BCUT2D eigenvalue weighted by atomic mass is 35.5. The molecule has 0 bridgehead atoms. The number of hydrogen-bond acceptors (Lipinski definition) is 8. The van der Waals surface area contributed by atoms with Crippen molar-refractivity contribution < 1.29 is 19.2 Å². The lowest BCUT2D eigenvalue weighted by Gasteiger charge is -2.41. The van der Waals surface area contributed by atoms with Crippen LogP contribution in [0.1, 0.15) is 109 Å². The number of carbonyl (C=O) groups excluding carboxylic acids is 4. The first kappa shape index (κ1) is 33.9. The molecule has 1 unspecified atom stereocenters. The van der Waals surface area contributed by atoms with Gasteiger partial charge in [0.15, 0.2) is 0 Å². The van der Waals surface area contributed by atoms with Crippen LogP contribution in [0.5, 0.6) is 0 Å². The fraction of sp³-hybridized carbons (Fsp3) is 0.415. The van der Waals surface area contributed by atoms with Crippen molar-refractivity contribution >= 4 is 51.8 Å². The van der Waals surface area contributed by atoms with Crippen LogP contribution in [0.4, 0.5) is 5.69 Å². The molecule has 3 fully saturated rings. The van der Waals surface area contributed by atoms with Gasteiger partial charge in [-0.25, -0.2) is 0 Å². The van der Waals surface area contributed by atoms with Gasteiger partial charge < -0.3 is 10.2 Å². The van der Waals surface area contributed by atoms with Gasteiger partial charge in [0.1, 0.15) is 11.9 Å². The molecule has 272 valence electrons. The van der Waals surface area contributed by atoms with Crippen LogP contribution in [0.3, 0.4) is 0 Å². The zero-order valence-corrected chi connectivity index (χ0v) is 30.5. The third-order valence-corrected chi connectivity index (χ3v) is 12.7. The zero-order valence-electron chi connectivity index (χ0n) is 29.8. The Morgan fingerprint density at radius 1 is 0.849 bits per heavy atom. The molecular weight excluding hydrogens is 692 g/mol. The second-order valence-electron chi connectivity index (χ2n) is 15.8. The fourth-order valence-corrected chi connectivity index (χ4v) is 9.74. The summed E-state index contributed by atoms with van der Waals surface area (Å²) < 4.78 is 2.11. The smallest absolute Gasteiger partial charge is 0.282 e. The van der Waals surface area contributed by atoms with E-state index >= 15 is 0 Å². The molecule has 12 heteroatoms. The monoisotopic (exact) mass is 732 g/mol. The van der Waals surface area contributed by atoms with Crippen LogP contribution in [0, 0.1) is 0 Å². The molecule has 11 nitrogen and oxygen atoms in total. The van der Waals surface area contributed by atoms with Crippen molar-refractivity contribution in [2.45, 2.75) is 94.7 Å². The van der Waals surface area contributed by atoms with Crippen molar-refractivity contribution in [2.24, 2.45) is 0 Å². The number of aromatic nitrogens is 2. The lowest BCUT2D eigenvalue weighted by molar-refractivity contribution is -0.136. The first-order chi connectivity index (χ1) is 25.5. The van der Waals surface area contributed by atoms with Crippen LogP contribution in [0.2, 0.25) is 5.02 Å². The summed E-state index contributed by atoms with van der Waals surface area (Å²) in [5.74, 6) is -0.756. The minimum atomic E-state index is -0.970. The number of imide groups is 2. The highest BCUT2D eigenvalue weighted by Gasteiger charge is 2.45. The summed E-state index contributed by atoms with van der Waals surface area (Å²) in [6.45, 7) is 6.40. The standard InChI is InChI=1S/C41H41ClN6O5/c1-41(2)29-20-23(6-13-31(29)47-32-5-3-4-30(42)35(32)37(51)45-40(41)47)22-16-18-46(19-17-22)26-10-7-24(8-11-26)43-25-9-12-27-28(21-25)39(53)48(38(27)52)33-14-15-34(49)44-36(33)50/h3-6,9,12-13,20-22,24,26,33,43H,7-8,10-11,14-19H2,1-2H3,(H,44,49,50). The Morgan fingerprint density at radius 2 is 1.60 bits per heavy atom. The molecule has 1 atom stereocenters. The Hall–Kier alpha value is -4.87. The molecule has 5 aliphatic rings. The summed E-state index contributed by atoms with van der Waals surface area (Å²) in [7, 11) is 0. The molecule has 4 aromatic rings. The van der Waals surface area contributed by atoms with Gasteiger partial charge in [-0.1, -0.05) is 29.8 Å². The first-order valence-electron chi connectivity index (χ1n) is 18.7. The second-order valence-corrected chi connectivity index (χ2v) is 16.2. The maximum absolute atomic E-state index is 13.3. The minimum Gasteiger partial charge on any atom is -0.382 e. The molecule has 0 radical (unpaired) electrons. The quantitative estimate of drug-likeness (QED) is 0.251. The van der Waals surface area contributed by atoms with Gasteiger partial charge in [0, 0.05) is 24.2 Å². The Labute approximate surface area is 311 Å². The molecule has 1 saturated carbocycles. The Bertz CT molecular complexity index is 2300. The molecule has 4 amide bonds. The van der Waals surface area contributed by atoms with E-state index in [-0.39, 0.29) is 30.3 Å². The lowest BCUT2D eigenvalue weighted by Crippen LogP contribution is -2.54. The Kier molecular flexibility index (Phi) is 8.08. The van der Waals surface area contributed by atoms with Gasteiger partial charge in [-0.15, -0.1) is 0 Å². The van der Waals surface area contributed by atoms with E-state index < -0.39 is 29.2 Å². The number of likely N-dealkylation sites (tertiary alicyclic amines) is 1. The fourth-order valence-electron chi connectivity index (χ4n) is 9.49. The third kappa shape index (κ3) is 5.50. The van der Waals surface area contributed by atoms with Gasteiger partial charge in [-0.2, -0.15) is 4.98 Å². The largest absolute Gasteiger partial charge is 0.382 e. The second kappa shape index (κ2) is 12.6. The number of piperidine rings is 2. The minimum absolute atomic E-state index is 0.0951. The number of benzene rings is 3. The van der Waals surface area contributed by atoms with E-state index in [1.165, 1.54) is 11.1 Å². The van der Waals surface area contributed by atoms with Crippen LogP contribution < -0.4 is 16.2 Å². The summed E-state index contributed by atoms with van der Waals surface area (Å²) >= 11 is 6.46. The molecule has 2 saturated heterocycles. The number of nitrogens with zero attached hydrogens (tertiary/aromatic N) is 4. The molecule has 3 aromatic carbocycles. The molecule has 5 heterocycles. The molecule has 9 rings (SSSR count). The molecule has 1 aliphatic carbocycles. The SMILES string of the molecule is CC1(C)c2cc(C3CCN(C4CCC(Nc5ccc6c(c5)C(=O)N(C5CCC(=O)NC5=O)C6=O)CC4)CC3)ccc2-n2c1nc(=O)c1c(Cl)cccc12. The van der Waals surface area contributed by atoms with E-state index in [2.05, 4.69) is 57.1 Å². The molecule has 4 aliphatic heterocycles.